The van der Waals surface area contributed by atoms with E-state index in [1.807, 2.05) is 0 Å². The molecule has 1 N–H and O–H groups in total. The van der Waals surface area contributed by atoms with Crippen molar-refractivity contribution in [3.05, 3.63) is 0 Å². The first-order chi connectivity index (χ1) is 5.45. The summed E-state index contributed by atoms with van der Waals surface area (Å²) in [6.07, 6.45) is 4.99. The van der Waals surface area contributed by atoms with Gasteiger partial charge in [0.15, 0.2) is 0 Å². The largest absolute Gasteiger partial charge is 0.344 e. The third kappa shape index (κ3) is 7.49. The van der Waals surface area contributed by atoms with Gasteiger partial charge in [0.25, 0.3) is 0 Å². The summed E-state index contributed by atoms with van der Waals surface area (Å²) in [7, 11) is 0. The lowest BCUT2D eigenvalue weighted by Gasteiger charge is -2.16. The molecule has 68 valence electrons. The van der Waals surface area contributed by atoms with E-state index in [2.05, 4.69) is 32.0 Å². The molecule has 0 saturated carbocycles. The second-order valence-corrected chi connectivity index (χ2v) is 5.18. The van der Waals surface area contributed by atoms with Crippen molar-refractivity contribution in [1.29, 1.82) is 0 Å². The number of hydrogen-bond donors (Lipinski definition) is 1. The molecule has 0 radical (unpaired) electrons. The van der Waals surface area contributed by atoms with Crippen LogP contribution in [0.25, 0.3) is 0 Å². The first kappa shape index (κ1) is 11.4. The average Bonchev–Trinajstić information content (AvgIpc) is 1.95. The Bertz CT molecular complexity index is 188. The average molecular weight is 185 g/mol. The minimum atomic E-state index is 0.00729. The van der Waals surface area contributed by atoms with E-state index in [1.54, 1.807) is 11.8 Å². The van der Waals surface area contributed by atoms with Gasteiger partial charge in [-0.05, 0) is 0 Å². The van der Waals surface area contributed by atoms with Crippen LogP contribution in [-0.2, 0) is 4.79 Å². The lowest BCUT2D eigenvalue weighted by Crippen LogP contribution is -2.27. The Morgan fingerprint density at radius 3 is 2.58 bits per heavy atom. The van der Waals surface area contributed by atoms with E-state index < -0.39 is 0 Å². The summed E-state index contributed by atoms with van der Waals surface area (Å²) < 4.78 is 0.132. The van der Waals surface area contributed by atoms with Crippen LogP contribution in [0.15, 0.2) is 0 Å². The molecule has 0 spiro atoms. The zero-order chi connectivity index (χ0) is 9.61. The van der Waals surface area contributed by atoms with E-state index in [1.165, 1.54) is 0 Å². The third-order valence-electron chi connectivity index (χ3n) is 1.02. The van der Waals surface area contributed by atoms with Gasteiger partial charge in [-0.25, -0.2) is 0 Å². The molecule has 12 heavy (non-hydrogen) atoms. The van der Waals surface area contributed by atoms with Crippen LogP contribution in [0.1, 0.15) is 20.8 Å². The molecule has 1 amide bonds. The van der Waals surface area contributed by atoms with Crippen LogP contribution in [0.3, 0.4) is 0 Å². The molecule has 0 fully saturated rings. The maximum Gasteiger partial charge on any atom is 0.230 e. The molecule has 0 aromatic heterocycles. The normalized spacial score (nSPS) is 10.5. The molecular weight excluding hydrogens is 170 g/mol. The number of hydrogen-bond acceptors (Lipinski definition) is 2. The van der Waals surface area contributed by atoms with Gasteiger partial charge in [-0.2, -0.15) is 0 Å². The van der Waals surface area contributed by atoms with Gasteiger partial charge in [0.1, 0.15) is 0 Å². The summed E-state index contributed by atoms with van der Waals surface area (Å²) in [5, 5.41) is 2.61. The SMILES string of the molecule is C#CCNC(=O)CSC(C)(C)C. The molecule has 0 heterocycles. The second kappa shape index (κ2) is 5.10. The van der Waals surface area contributed by atoms with Crippen molar-refractivity contribution < 1.29 is 4.79 Å². The highest BCUT2D eigenvalue weighted by molar-refractivity contribution is 8.01. The highest BCUT2D eigenvalue weighted by atomic mass is 32.2. The van der Waals surface area contributed by atoms with Gasteiger partial charge < -0.3 is 5.32 Å². The van der Waals surface area contributed by atoms with Crippen LogP contribution in [0.5, 0.6) is 0 Å². The highest BCUT2D eigenvalue weighted by Gasteiger charge is 2.12. The Labute approximate surface area is 78.5 Å². The monoisotopic (exact) mass is 185 g/mol. The summed E-state index contributed by atoms with van der Waals surface area (Å²) in [6.45, 7) is 6.55. The molecule has 3 heteroatoms. The van der Waals surface area contributed by atoms with Gasteiger partial charge in [0.2, 0.25) is 5.91 Å². The molecule has 0 aromatic rings. The topological polar surface area (TPSA) is 29.1 Å². The smallest absolute Gasteiger partial charge is 0.230 e. The minimum absolute atomic E-state index is 0.00729. The molecule has 0 aliphatic carbocycles. The summed E-state index contributed by atoms with van der Waals surface area (Å²) in [4.78, 5) is 11.0. The standard InChI is InChI=1S/C9H15NOS/c1-5-6-10-8(11)7-12-9(2,3)4/h1H,6-7H2,2-4H3,(H,10,11). The number of nitrogens with one attached hydrogen (secondary N) is 1. The first-order valence-corrected chi connectivity index (χ1v) is 4.78. The number of thioether (sulfide) groups is 1. The Morgan fingerprint density at radius 2 is 2.17 bits per heavy atom. The van der Waals surface area contributed by atoms with Crippen molar-refractivity contribution in [3.8, 4) is 12.3 Å². The van der Waals surface area contributed by atoms with Gasteiger partial charge in [0.05, 0.1) is 12.3 Å². The fourth-order valence-electron chi connectivity index (χ4n) is 0.483. The van der Waals surface area contributed by atoms with E-state index in [0.29, 0.717) is 12.3 Å². The first-order valence-electron chi connectivity index (χ1n) is 3.80. The van der Waals surface area contributed by atoms with E-state index in [0.717, 1.165) is 0 Å². The number of carbonyl (C=O) groups is 1. The molecule has 2 nitrogen and oxygen atoms in total. The highest BCUT2D eigenvalue weighted by Crippen LogP contribution is 2.22. The molecule has 0 rings (SSSR count). The van der Waals surface area contributed by atoms with Gasteiger partial charge in [-0.15, -0.1) is 18.2 Å². The number of terminal acetylenes is 1. The van der Waals surface area contributed by atoms with Crippen molar-refractivity contribution in [2.45, 2.75) is 25.5 Å². The van der Waals surface area contributed by atoms with Crippen molar-refractivity contribution in [1.82, 2.24) is 5.32 Å². The number of carbonyl (C=O) groups excluding carboxylic acids is 1. The summed E-state index contributed by atoms with van der Waals surface area (Å²) >= 11 is 1.61. The molecule has 0 atom stereocenters. The number of rotatable bonds is 3. The third-order valence-corrected chi connectivity index (χ3v) is 2.30. The summed E-state index contributed by atoms with van der Waals surface area (Å²) in [5.41, 5.74) is 0. The lowest BCUT2D eigenvalue weighted by molar-refractivity contribution is -0.118. The van der Waals surface area contributed by atoms with Crippen molar-refractivity contribution >= 4 is 17.7 Å². The Hall–Kier alpha value is -0.620. The molecule has 0 saturated heterocycles. The van der Waals surface area contributed by atoms with Crippen LogP contribution in [0.4, 0.5) is 0 Å². The van der Waals surface area contributed by atoms with Crippen molar-refractivity contribution in [2.75, 3.05) is 12.3 Å². The van der Waals surface area contributed by atoms with E-state index in [9.17, 15) is 4.79 Å². The zero-order valence-electron chi connectivity index (χ0n) is 7.81. The predicted octanol–water partition coefficient (Wildman–Crippen LogP) is 1.27. The molecule has 0 aromatic carbocycles. The van der Waals surface area contributed by atoms with E-state index in [-0.39, 0.29) is 10.7 Å². The van der Waals surface area contributed by atoms with Crippen LogP contribution in [-0.4, -0.2) is 23.0 Å². The molecular formula is C9H15NOS. The van der Waals surface area contributed by atoms with Crippen molar-refractivity contribution in [3.63, 3.8) is 0 Å². The molecule has 0 bridgehead atoms. The Kier molecular flexibility index (Phi) is 4.84. The van der Waals surface area contributed by atoms with E-state index in [4.69, 9.17) is 6.42 Å². The predicted molar refractivity (Wildman–Crippen MR) is 54.1 cm³/mol. The Morgan fingerprint density at radius 1 is 1.58 bits per heavy atom. The van der Waals surface area contributed by atoms with Gasteiger partial charge in [-0.3, -0.25) is 4.79 Å². The maximum atomic E-state index is 11.0. The fraction of sp³-hybridized carbons (Fsp3) is 0.667. The molecule has 0 unspecified atom stereocenters. The molecule has 0 aliphatic rings. The Balaban J connectivity index is 3.53. The van der Waals surface area contributed by atoms with Crippen LogP contribution in [0.2, 0.25) is 0 Å². The molecule has 0 aliphatic heterocycles. The second-order valence-electron chi connectivity index (χ2n) is 3.38. The lowest BCUT2D eigenvalue weighted by atomic mass is 10.3. The van der Waals surface area contributed by atoms with Crippen molar-refractivity contribution in [2.24, 2.45) is 0 Å². The zero-order valence-corrected chi connectivity index (χ0v) is 8.62. The minimum Gasteiger partial charge on any atom is -0.344 e. The van der Waals surface area contributed by atoms with Gasteiger partial charge in [0, 0.05) is 4.75 Å². The number of amides is 1. The van der Waals surface area contributed by atoms with Gasteiger partial charge in [-0.1, -0.05) is 26.7 Å². The summed E-state index contributed by atoms with van der Waals surface area (Å²) in [5.74, 6) is 2.84. The fourth-order valence-corrected chi connectivity index (χ4v) is 1.15. The summed E-state index contributed by atoms with van der Waals surface area (Å²) in [6, 6.07) is 0. The van der Waals surface area contributed by atoms with Crippen LogP contribution in [0, 0.1) is 12.3 Å². The quantitative estimate of drug-likeness (QED) is 0.671. The van der Waals surface area contributed by atoms with Crippen LogP contribution < -0.4 is 5.32 Å². The van der Waals surface area contributed by atoms with E-state index >= 15 is 0 Å². The maximum absolute atomic E-state index is 11.0. The van der Waals surface area contributed by atoms with Crippen LogP contribution >= 0.6 is 11.8 Å². The van der Waals surface area contributed by atoms with Gasteiger partial charge >= 0.3 is 0 Å².